The maximum Gasteiger partial charge on any atom is 0.281 e. The lowest BCUT2D eigenvalue weighted by molar-refractivity contribution is 0.101. The Morgan fingerprint density at radius 3 is 2.86 bits per heavy atom. The second kappa shape index (κ2) is 4.85. The molecular weight excluding hydrogens is 274 g/mol. The SMILES string of the molecule is CC(C)n1ncc2cc(NC(=O)c3nonc3N)cnc21. The highest BCUT2D eigenvalue weighted by molar-refractivity contribution is 6.05. The lowest BCUT2D eigenvalue weighted by Gasteiger charge is -2.07. The van der Waals surface area contributed by atoms with Crippen molar-refractivity contribution in [3.8, 4) is 0 Å². The summed E-state index contributed by atoms with van der Waals surface area (Å²) >= 11 is 0. The molecule has 0 radical (unpaired) electrons. The monoisotopic (exact) mass is 287 g/mol. The van der Waals surface area contributed by atoms with Gasteiger partial charge in [-0.1, -0.05) is 0 Å². The van der Waals surface area contributed by atoms with Gasteiger partial charge >= 0.3 is 0 Å². The standard InChI is InChI=1S/C12H13N7O2/c1-6(2)19-11-7(4-15-19)3-8(5-14-11)16-12(20)9-10(13)18-21-17-9/h3-6H,1-2H3,(H2,13,18)(H,16,20). The van der Waals surface area contributed by atoms with Crippen LogP contribution in [0.2, 0.25) is 0 Å². The van der Waals surface area contributed by atoms with Crippen molar-refractivity contribution in [2.24, 2.45) is 0 Å². The lowest BCUT2D eigenvalue weighted by atomic mass is 10.3. The number of nitrogen functional groups attached to an aromatic ring is 1. The summed E-state index contributed by atoms with van der Waals surface area (Å²) < 4.78 is 6.20. The van der Waals surface area contributed by atoms with Gasteiger partial charge in [-0.2, -0.15) is 5.10 Å². The van der Waals surface area contributed by atoms with Crippen LogP contribution < -0.4 is 11.1 Å². The van der Waals surface area contributed by atoms with Crippen molar-refractivity contribution in [1.29, 1.82) is 0 Å². The molecule has 0 unspecified atom stereocenters. The van der Waals surface area contributed by atoms with Crippen LogP contribution in [0.3, 0.4) is 0 Å². The molecule has 0 atom stereocenters. The minimum absolute atomic E-state index is 0.0610. The van der Waals surface area contributed by atoms with Crippen LogP contribution in [0.15, 0.2) is 23.1 Å². The zero-order valence-corrected chi connectivity index (χ0v) is 11.4. The summed E-state index contributed by atoms with van der Waals surface area (Å²) in [4.78, 5) is 16.3. The molecule has 0 bridgehead atoms. The molecule has 1 amide bonds. The zero-order chi connectivity index (χ0) is 15.0. The summed E-state index contributed by atoms with van der Waals surface area (Å²) in [5.74, 6) is -0.569. The third kappa shape index (κ3) is 2.29. The molecule has 3 heterocycles. The van der Waals surface area contributed by atoms with Gasteiger partial charge in [-0.3, -0.25) is 4.79 Å². The number of rotatable bonds is 3. The number of carbonyl (C=O) groups excluding carboxylic acids is 1. The number of carbonyl (C=O) groups is 1. The second-order valence-electron chi connectivity index (χ2n) is 4.77. The van der Waals surface area contributed by atoms with Crippen LogP contribution >= 0.6 is 0 Å². The topological polar surface area (TPSA) is 125 Å². The van der Waals surface area contributed by atoms with Gasteiger partial charge in [-0.15, -0.1) is 0 Å². The van der Waals surface area contributed by atoms with E-state index in [0.29, 0.717) is 5.69 Å². The van der Waals surface area contributed by atoms with E-state index in [2.05, 4.69) is 30.3 Å². The lowest BCUT2D eigenvalue weighted by Crippen LogP contribution is -2.14. The molecule has 9 nitrogen and oxygen atoms in total. The van der Waals surface area contributed by atoms with Crippen LogP contribution in [0, 0.1) is 0 Å². The average Bonchev–Trinajstić information content (AvgIpc) is 3.04. The second-order valence-corrected chi connectivity index (χ2v) is 4.77. The summed E-state index contributed by atoms with van der Waals surface area (Å²) in [6, 6.07) is 1.98. The van der Waals surface area contributed by atoms with E-state index in [0.717, 1.165) is 11.0 Å². The van der Waals surface area contributed by atoms with E-state index in [1.165, 1.54) is 0 Å². The van der Waals surface area contributed by atoms with E-state index in [1.54, 1.807) is 23.1 Å². The van der Waals surface area contributed by atoms with Gasteiger partial charge in [0.25, 0.3) is 5.91 Å². The zero-order valence-electron chi connectivity index (χ0n) is 11.4. The minimum atomic E-state index is -0.508. The highest BCUT2D eigenvalue weighted by atomic mass is 16.6. The highest BCUT2D eigenvalue weighted by Gasteiger charge is 2.16. The molecule has 0 aliphatic rings. The summed E-state index contributed by atoms with van der Waals surface area (Å²) in [7, 11) is 0. The molecule has 3 N–H and O–H groups in total. The predicted molar refractivity (Wildman–Crippen MR) is 74.6 cm³/mol. The number of fused-ring (bicyclic) bond motifs is 1. The fourth-order valence-corrected chi connectivity index (χ4v) is 1.93. The van der Waals surface area contributed by atoms with Crippen molar-refractivity contribution >= 4 is 28.4 Å². The number of nitrogens with zero attached hydrogens (tertiary/aromatic N) is 5. The predicted octanol–water partition coefficient (Wildman–Crippen LogP) is 1.23. The van der Waals surface area contributed by atoms with Crippen molar-refractivity contribution in [2.75, 3.05) is 11.1 Å². The third-order valence-electron chi connectivity index (χ3n) is 2.91. The molecule has 3 rings (SSSR count). The van der Waals surface area contributed by atoms with Gasteiger partial charge in [0.1, 0.15) is 0 Å². The molecule has 3 aromatic rings. The van der Waals surface area contributed by atoms with E-state index in [1.807, 2.05) is 13.8 Å². The van der Waals surface area contributed by atoms with Gasteiger partial charge in [0.15, 0.2) is 5.65 Å². The number of pyridine rings is 1. The Hall–Kier alpha value is -2.97. The summed E-state index contributed by atoms with van der Waals surface area (Å²) in [6.45, 7) is 4.04. The molecule has 0 aliphatic heterocycles. The van der Waals surface area contributed by atoms with Gasteiger partial charge in [-0.05, 0) is 30.2 Å². The van der Waals surface area contributed by atoms with Crippen molar-refractivity contribution in [2.45, 2.75) is 19.9 Å². The molecule has 0 fully saturated rings. The van der Waals surface area contributed by atoms with Gasteiger partial charge in [0.05, 0.1) is 18.1 Å². The number of hydrogen-bond donors (Lipinski definition) is 2. The van der Waals surface area contributed by atoms with E-state index >= 15 is 0 Å². The van der Waals surface area contributed by atoms with Gasteiger partial charge < -0.3 is 11.1 Å². The number of nitrogens with two attached hydrogens (primary N) is 1. The first-order chi connectivity index (χ1) is 10.1. The Balaban J connectivity index is 1.88. The van der Waals surface area contributed by atoms with Gasteiger partial charge in [0, 0.05) is 11.4 Å². The van der Waals surface area contributed by atoms with E-state index in [9.17, 15) is 4.79 Å². The van der Waals surface area contributed by atoms with Crippen molar-refractivity contribution in [3.05, 3.63) is 24.2 Å². The maximum atomic E-state index is 11.9. The smallest absolute Gasteiger partial charge is 0.281 e. The molecule has 0 saturated heterocycles. The van der Waals surface area contributed by atoms with Crippen molar-refractivity contribution < 1.29 is 9.42 Å². The van der Waals surface area contributed by atoms with Crippen LogP contribution in [0.5, 0.6) is 0 Å². The van der Waals surface area contributed by atoms with Crippen LogP contribution in [0.1, 0.15) is 30.4 Å². The van der Waals surface area contributed by atoms with Crippen LogP contribution in [0.4, 0.5) is 11.5 Å². The molecule has 0 saturated carbocycles. The first kappa shape index (κ1) is 13.0. The van der Waals surface area contributed by atoms with Crippen molar-refractivity contribution in [3.63, 3.8) is 0 Å². The van der Waals surface area contributed by atoms with Crippen LogP contribution in [-0.4, -0.2) is 31.0 Å². The Labute approximate surface area is 119 Å². The molecule has 9 heteroatoms. The maximum absolute atomic E-state index is 11.9. The van der Waals surface area contributed by atoms with Crippen LogP contribution in [0.25, 0.3) is 11.0 Å². The number of nitrogens with one attached hydrogen (secondary N) is 1. The molecule has 108 valence electrons. The Kier molecular flexibility index (Phi) is 3.01. The quantitative estimate of drug-likeness (QED) is 0.742. The molecule has 3 aromatic heterocycles. The third-order valence-corrected chi connectivity index (χ3v) is 2.91. The minimum Gasteiger partial charge on any atom is -0.379 e. The summed E-state index contributed by atoms with van der Waals surface area (Å²) in [6.07, 6.45) is 3.24. The van der Waals surface area contributed by atoms with E-state index < -0.39 is 5.91 Å². The summed E-state index contributed by atoms with van der Waals surface area (Å²) in [5, 5.41) is 14.5. The Bertz CT molecular complexity index is 805. The number of amides is 1. The Morgan fingerprint density at radius 1 is 1.38 bits per heavy atom. The van der Waals surface area contributed by atoms with Crippen LogP contribution in [-0.2, 0) is 0 Å². The fourth-order valence-electron chi connectivity index (χ4n) is 1.93. The first-order valence-corrected chi connectivity index (χ1v) is 6.29. The Morgan fingerprint density at radius 2 is 2.19 bits per heavy atom. The fraction of sp³-hybridized carbons (Fsp3) is 0.250. The molecule has 0 aliphatic carbocycles. The average molecular weight is 287 g/mol. The number of aromatic nitrogens is 5. The molecule has 0 spiro atoms. The number of hydrogen-bond acceptors (Lipinski definition) is 7. The highest BCUT2D eigenvalue weighted by Crippen LogP contribution is 2.19. The normalized spacial score (nSPS) is 11.2. The van der Waals surface area contributed by atoms with Gasteiger partial charge in [-0.25, -0.2) is 14.3 Å². The number of anilines is 2. The van der Waals surface area contributed by atoms with Gasteiger partial charge in [0.2, 0.25) is 11.5 Å². The van der Waals surface area contributed by atoms with E-state index in [-0.39, 0.29) is 17.6 Å². The molecule has 0 aromatic carbocycles. The molecular formula is C12H13N7O2. The largest absolute Gasteiger partial charge is 0.379 e. The molecule has 21 heavy (non-hydrogen) atoms. The summed E-state index contributed by atoms with van der Waals surface area (Å²) in [5.41, 5.74) is 6.67. The van der Waals surface area contributed by atoms with E-state index in [4.69, 9.17) is 5.73 Å². The van der Waals surface area contributed by atoms with Crippen molar-refractivity contribution in [1.82, 2.24) is 25.1 Å². The first-order valence-electron chi connectivity index (χ1n) is 6.29.